The van der Waals surface area contributed by atoms with E-state index < -0.39 is 0 Å². The maximum absolute atomic E-state index is 8.50. The van der Waals surface area contributed by atoms with Crippen LogP contribution < -0.4 is 0 Å². The summed E-state index contributed by atoms with van der Waals surface area (Å²) in [7, 11) is 0. The number of aromatic nitrogens is 2. The van der Waals surface area contributed by atoms with Crippen LogP contribution in [0.5, 0.6) is 0 Å². The Bertz CT molecular complexity index is 309. The number of nitrogens with zero attached hydrogens (tertiary/aromatic N) is 4. The highest BCUT2D eigenvalue weighted by Gasteiger charge is 1.95. The van der Waals surface area contributed by atoms with Crippen molar-refractivity contribution in [2.45, 2.75) is 6.92 Å². The van der Waals surface area contributed by atoms with Crippen LogP contribution in [0.3, 0.4) is 0 Å². The Hall–Kier alpha value is -1.83. The Labute approximate surface area is 69.9 Å². The lowest BCUT2D eigenvalue weighted by Crippen LogP contribution is -1.90. The Morgan fingerprint density at radius 1 is 1.92 bits per heavy atom. The summed E-state index contributed by atoms with van der Waals surface area (Å²) < 4.78 is 5.97. The second-order valence-electron chi connectivity index (χ2n) is 1.89. The largest absolute Gasteiger partial charge is 0.483 e. The molecule has 0 aliphatic carbocycles. The van der Waals surface area contributed by atoms with Crippen LogP contribution in [0.25, 0.3) is 0 Å². The molecule has 62 valence electrons. The van der Waals surface area contributed by atoms with Gasteiger partial charge < -0.3 is 4.74 Å². The van der Waals surface area contributed by atoms with Gasteiger partial charge >= 0.3 is 0 Å². The molecule has 0 saturated carbocycles. The third-order valence-electron chi connectivity index (χ3n) is 1.14. The van der Waals surface area contributed by atoms with Gasteiger partial charge in [0.05, 0.1) is 12.8 Å². The first-order valence-corrected chi connectivity index (χ1v) is 3.46. The first-order valence-electron chi connectivity index (χ1n) is 3.46. The van der Waals surface area contributed by atoms with Gasteiger partial charge in [-0.1, -0.05) is 0 Å². The lowest BCUT2D eigenvalue weighted by molar-refractivity contribution is 0.343. The van der Waals surface area contributed by atoms with E-state index in [4.69, 9.17) is 10.00 Å². The molecule has 0 atom stereocenters. The van der Waals surface area contributed by atoms with E-state index in [2.05, 4.69) is 10.1 Å². The zero-order valence-corrected chi connectivity index (χ0v) is 6.64. The Balaban J connectivity index is 2.69. The lowest BCUT2D eigenvalue weighted by Gasteiger charge is -1.91. The van der Waals surface area contributed by atoms with Crippen molar-refractivity contribution in [3.63, 3.8) is 0 Å². The van der Waals surface area contributed by atoms with Crippen molar-refractivity contribution in [1.82, 2.24) is 9.78 Å². The van der Waals surface area contributed by atoms with E-state index in [1.54, 1.807) is 6.07 Å². The summed E-state index contributed by atoms with van der Waals surface area (Å²) in [6.45, 7) is 2.41. The first kappa shape index (κ1) is 8.27. The van der Waals surface area contributed by atoms with Crippen molar-refractivity contribution >= 4 is 12.2 Å². The van der Waals surface area contributed by atoms with E-state index in [1.807, 2.05) is 13.1 Å². The maximum Gasteiger partial charge on any atom is 0.208 e. The fourth-order valence-corrected chi connectivity index (χ4v) is 0.637. The minimum atomic E-state index is 0.464. The van der Waals surface area contributed by atoms with Gasteiger partial charge in [-0.25, -0.2) is 4.99 Å². The highest BCUT2D eigenvalue weighted by Crippen LogP contribution is 2.07. The Kier molecular flexibility index (Phi) is 2.85. The molecule has 0 saturated heterocycles. The van der Waals surface area contributed by atoms with E-state index in [1.165, 1.54) is 12.6 Å². The smallest absolute Gasteiger partial charge is 0.208 e. The Morgan fingerprint density at radius 3 is 3.42 bits per heavy atom. The molecule has 12 heavy (non-hydrogen) atoms. The highest BCUT2D eigenvalue weighted by molar-refractivity contribution is 5.53. The third kappa shape index (κ3) is 1.83. The van der Waals surface area contributed by atoms with E-state index in [-0.39, 0.29) is 0 Å². The number of hydrogen-bond acceptors (Lipinski definition) is 4. The highest BCUT2D eigenvalue weighted by atomic mass is 16.5. The molecule has 1 heterocycles. The molecule has 0 aliphatic heterocycles. The van der Waals surface area contributed by atoms with Crippen LogP contribution in [0.4, 0.5) is 5.82 Å². The average Bonchev–Trinajstić information content (AvgIpc) is 2.52. The second kappa shape index (κ2) is 4.13. The van der Waals surface area contributed by atoms with Crippen molar-refractivity contribution < 1.29 is 4.74 Å². The van der Waals surface area contributed by atoms with Crippen LogP contribution in [0, 0.1) is 11.5 Å². The van der Waals surface area contributed by atoms with Gasteiger partial charge in [0.25, 0.3) is 0 Å². The first-order chi connectivity index (χ1) is 5.88. The van der Waals surface area contributed by atoms with Crippen molar-refractivity contribution in [2.24, 2.45) is 4.99 Å². The molecular weight excluding hydrogens is 156 g/mol. The molecule has 1 aromatic rings. The van der Waals surface area contributed by atoms with Gasteiger partial charge in [-0.05, 0) is 6.92 Å². The second-order valence-corrected chi connectivity index (χ2v) is 1.89. The fraction of sp³-hybridized carbons (Fsp3) is 0.286. The zero-order chi connectivity index (χ0) is 8.81. The molecule has 0 bridgehead atoms. The van der Waals surface area contributed by atoms with Crippen molar-refractivity contribution in [1.29, 1.82) is 5.26 Å². The minimum Gasteiger partial charge on any atom is -0.483 e. The molecule has 0 aliphatic rings. The molecule has 0 aromatic carbocycles. The van der Waals surface area contributed by atoms with Gasteiger partial charge in [0, 0.05) is 6.07 Å². The lowest BCUT2D eigenvalue weighted by atomic mass is 10.6. The molecule has 0 fully saturated rings. The van der Waals surface area contributed by atoms with E-state index in [0.717, 1.165) is 4.68 Å². The van der Waals surface area contributed by atoms with E-state index >= 15 is 0 Å². The molecule has 1 aromatic heterocycles. The summed E-state index contributed by atoms with van der Waals surface area (Å²) in [5.41, 5.74) is 0. The molecule has 5 heteroatoms. The van der Waals surface area contributed by atoms with Gasteiger partial charge in [0.2, 0.25) is 6.19 Å². The monoisotopic (exact) mass is 164 g/mol. The molecule has 0 spiro atoms. The van der Waals surface area contributed by atoms with Crippen molar-refractivity contribution in [2.75, 3.05) is 6.61 Å². The number of aliphatic imine (C=N–C) groups is 1. The average molecular weight is 164 g/mol. The number of rotatable bonds is 3. The number of hydrogen-bond donors (Lipinski definition) is 0. The SMILES string of the molecule is CCO/C=N/c1ccnn1C#N. The van der Waals surface area contributed by atoms with Gasteiger partial charge in [-0.3, -0.25) is 0 Å². The quantitative estimate of drug-likeness (QED) is 0.492. The summed E-state index contributed by atoms with van der Waals surface area (Å²) >= 11 is 0. The van der Waals surface area contributed by atoms with E-state index in [0.29, 0.717) is 12.4 Å². The molecule has 5 nitrogen and oxygen atoms in total. The van der Waals surface area contributed by atoms with Crippen LogP contribution >= 0.6 is 0 Å². The zero-order valence-electron chi connectivity index (χ0n) is 6.64. The maximum atomic E-state index is 8.50. The predicted octanol–water partition coefficient (Wildman–Crippen LogP) is 0.909. The fourth-order valence-electron chi connectivity index (χ4n) is 0.637. The molecule has 1 rings (SSSR count). The summed E-state index contributed by atoms with van der Waals surface area (Å²) in [6, 6.07) is 1.62. The molecule has 0 amide bonds. The minimum absolute atomic E-state index is 0.464. The van der Waals surface area contributed by atoms with Crippen LogP contribution in [0.2, 0.25) is 0 Å². The standard InChI is InChI=1S/C7H8N4O/c1-2-12-6-9-7-3-4-10-11(7)5-8/h3-4,6H,2H2,1H3/b9-6+. The summed E-state index contributed by atoms with van der Waals surface area (Å²) in [5.74, 6) is 0.464. The summed E-state index contributed by atoms with van der Waals surface area (Å²) in [6.07, 6.45) is 4.64. The van der Waals surface area contributed by atoms with Crippen LogP contribution in [0.15, 0.2) is 17.3 Å². The number of ether oxygens (including phenoxy) is 1. The predicted molar refractivity (Wildman–Crippen MR) is 43.0 cm³/mol. The topological polar surface area (TPSA) is 63.2 Å². The van der Waals surface area contributed by atoms with Crippen molar-refractivity contribution in [3.8, 4) is 6.19 Å². The van der Waals surface area contributed by atoms with Crippen LogP contribution in [0.1, 0.15) is 6.92 Å². The third-order valence-corrected chi connectivity index (χ3v) is 1.14. The number of nitriles is 1. The normalized spacial score (nSPS) is 10.0. The van der Waals surface area contributed by atoms with Crippen LogP contribution in [-0.2, 0) is 4.74 Å². The van der Waals surface area contributed by atoms with Crippen LogP contribution in [-0.4, -0.2) is 22.8 Å². The molecular formula is C7H8N4O. The van der Waals surface area contributed by atoms with Crippen molar-refractivity contribution in [3.05, 3.63) is 12.3 Å². The molecule has 0 unspecified atom stereocenters. The summed E-state index contributed by atoms with van der Waals surface area (Å²) in [4.78, 5) is 3.86. The summed E-state index contributed by atoms with van der Waals surface area (Å²) in [5, 5.41) is 12.2. The molecule has 0 N–H and O–H groups in total. The van der Waals surface area contributed by atoms with Gasteiger partial charge in [-0.15, -0.1) is 4.68 Å². The molecule has 0 radical (unpaired) electrons. The Morgan fingerprint density at radius 2 is 2.75 bits per heavy atom. The van der Waals surface area contributed by atoms with Gasteiger partial charge in [0.1, 0.15) is 0 Å². The van der Waals surface area contributed by atoms with E-state index in [9.17, 15) is 0 Å². The van der Waals surface area contributed by atoms with Gasteiger partial charge in [-0.2, -0.15) is 10.4 Å². The van der Waals surface area contributed by atoms with Gasteiger partial charge in [0.15, 0.2) is 12.2 Å².